The fourth-order valence-corrected chi connectivity index (χ4v) is 4.19. The number of Topliss-reactive ketones (excluding diaryl/α,β-unsaturated/α-hetero) is 1. The molecule has 1 aliphatic rings. The number of aryl methyl sites for hydroxylation is 1. The van der Waals surface area contributed by atoms with Crippen LogP contribution in [0.3, 0.4) is 0 Å². The maximum Gasteiger partial charge on any atom is 0.295 e. The first kappa shape index (κ1) is 23.6. The summed E-state index contributed by atoms with van der Waals surface area (Å²) in [7, 11) is 0. The molecule has 1 fully saturated rings. The van der Waals surface area contributed by atoms with Gasteiger partial charge in [-0.3, -0.25) is 9.59 Å². The van der Waals surface area contributed by atoms with Gasteiger partial charge >= 0.3 is 0 Å². The second-order valence-corrected chi connectivity index (χ2v) is 8.83. The van der Waals surface area contributed by atoms with Crippen molar-refractivity contribution in [2.45, 2.75) is 39.0 Å². The first-order valence-electron chi connectivity index (χ1n) is 11.1. The monoisotopic (exact) mass is 479 g/mol. The second-order valence-electron chi connectivity index (χ2n) is 8.39. The Labute approximate surface area is 203 Å². The van der Waals surface area contributed by atoms with Crippen LogP contribution in [0.4, 0.5) is 0 Å². The Balaban J connectivity index is 1.69. The Morgan fingerprint density at radius 3 is 2.41 bits per heavy atom. The van der Waals surface area contributed by atoms with Gasteiger partial charge < -0.3 is 19.3 Å². The third kappa shape index (κ3) is 4.99. The van der Waals surface area contributed by atoms with Gasteiger partial charge in [-0.2, -0.15) is 0 Å². The molecule has 1 amide bonds. The Hall–Kier alpha value is -3.58. The molecule has 34 heavy (non-hydrogen) atoms. The van der Waals surface area contributed by atoms with Crippen LogP contribution in [0.15, 0.2) is 72.8 Å². The zero-order valence-electron chi connectivity index (χ0n) is 19.0. The third-order valence-electron chi connectivity index (χ3n) is 5.60. The highest BCUT2D eigenvalue weighted by Gasteiger charge is 2.45. The van der Waals surface area contributed by atoms with E-state index in [9.17, 15) is 14.7 Å². The van der Waals surface area contributed by atoms with Gasteiger partial charge in [-0.15, -0.1) is 0 Å². The minimum Gasteiger partial charge on any atom is -0.507 e. The highest BCUT2D eigenvalue weighted by molar-refractivity contribution is 6.46. The molecule has 0 bridgehead atoms. The van der Waals surface area contributed by atoms with Crippen LogP contribution >= 0.6 is 11.6 Å². The van der Waals surface area contributed by atoms with Crippen molar-refractivity contribution in [3.05, 3.63) is 89.0 Å². The van der Waals surface area contributed by atoms with Crippen molar-refractivity contribution < 1.29 is 19.4 Å². The smallest absolute Gasteiger partial charge is 0.295 e. The molecule has 1 saturated heterocycles. The minimum absolute atomic E-state index is 0.0111. The number of ether oxygens (including phenoxy) is 1. The first-order chi connectivity index (χ1) is 16.3. The number of amides is 1. The number of hydrogen-bond donors (Lipinski definition) is 1. The molecule has 0 unspecified atom stereocenters. The summed E-state index contributed by atoms with van der Waals surface area (Å²) in [5.41, 5.74) is 1.20. The molecule has 4 rings (SSSR count). The van der Waals surface area contributed by atoms with Crippen molar-refractivity contribution in [3.8, 4) is 5.75 Å². The molecule has 8 heteroatoms. The second kappa shape index (κ2) is 10.1. The number of aliphatic hydroxyl groups is 1. The van der Waals surface area contributed by atoms with Gasteiger partial charge in [-0.1, -0.05) is 23.7 Å². The van der Waals surface area contributed by atoms with E-state index in [0.717, 1.165) is 0 Å². The van der Waals surface area contributed by atoms with E-state index in [1.54, 1.807) is 61.1 Å². The number of rotatable bonds is 8. The van der Waals surface area contributed by atoms with Crippen LogP contribution in [0.5, 0.6) is 5.75 Å². The number of imidazole rings is 1. The van der Waals surface area contributed by atoms with Crippen molar-refractivity contribution in [2.24, 2.45) is 0 Å². The van der Waals surface area contributed by atoms with Gasteiger partial charge in [0.2, 0.25) is 0 Å². The van der Waals surface area contributed by atoms with E-state index in [0.29, 0.717) is 41.4 Å². The summed E-state index contributed by atoms with van der Waals surface area (Å²) in [4.78, 5) is 31.7. The van der Waals surface area contributed by atoms with E-state index in [1.165, 1.54) is 4.90 Å². The molecule has 1 atom stereocenters. The summed E-state index contributed by atoms with van der Waals surface area (Å²) in [6.45, 7) is 4.84. The number of benzene rings is 2. The number of hydrogen-bond acceptors (Lipinski definition) is 5. The van der Waals surface area contributed by atoms with Crippen LogP contribution in [0.2, 0.25) is 5.02 Å². The molecule has 0 saturated carbocycles. The quantitative estimate of drug-likeness (QED) is 0.284. The van der Waals surface area contributed by atoms with Crippen LogP contribution < -0.4 is 4.74 Å². The number of nitrogens with zero attached hydrogens (tertiary/aromatic N) is 3. The number of aromatic nitrogens is 2. The van der Waals surface area contributed by atoms with Crippen LogP contribution in [0, 0.1) is 0 Å². The minimum atomic E-state index is -0.716. The van der Waals surface area contributed by atoms with Crippen molar-refractivity contribution in [2.75, 3.05) is 6.54 Å². The summed E-state index contributed by atoms with van der Waals surface area (Å²) in [6.07, 6.45) is 5.87. The lowest BCUT2D eigenvalue weighted by Crippen LogP contribution is -2.31. The van der Waals surface area contributed by atoms with Gasteiger partial charge in [0.15, 0.2) is 0 Å². The zero-order chi connectivity index (χ0) is 24.2. The maximum absolute atomic E-state index is 13.1. The summed E-state index contributed by atoms with van der Waals surface area (Å²) >= 11 is 6.07. The average Bonchev–Trinajstić information content (AvgIpc) is 3.42. The lowest BCUT2D eigenvalue weighted by molar-refractivity contribution is -0.139. The van der Waals surface area contributed by atoms with E-state index in [2.05, 4.69) is 4.98 Å². The number of likely N-dealkylation sites (tertiary alicyclic amines) is 1. The molecule has 176 valence electrons. The number of carbonyl (C=O) groups is 2. The standard InChI is InChI=1S/C26H26ClN3O4/c1-17(2)34-21-10-6-19(7-11-21)24(31)22-23(18-4-8-20(27)9-5-18)30(26(33)25(22)32)14-3-13-29-15-12-28-16-29/h4-12,15-17,23,31H,3,13-14H2,1-2H3/b24-22+/t23-/m0/s1. The molecule has 1 aromatic heterocycles. The first-order valence-corrected chi connectivity index (χ1v) is 11.5. The molecular formula is C26H26ClN3O4. The fraction of sp³-hybridized carbons (Fsp3) is 0.269. The molecule has 2 aromatic carbocycles. The van der Waals surface area contributed by atoms with Crippen LogP contribution in [-0.4, -0.2) is 43.9 Å². The highest BCUT2D eigenvalue weighted by Crippen LogP contribution is 2.40. The maximum atomic E-state index is 13.1. The van der Waals surface area contributed by atoms with Crippen molar-refractivity contribution in [1.82, 2.24) is 14.5 Å². The molecule has 0 spiro atoms. The van der Waals surface area contributed by atoms with E-state index < -0.39 is 17.7 Å². The highest BCUT2D eigenvalue weighted by atomic mass is 35.5. The average molecular weight is 480 g/mol. The molecule has 3 aromatic rings. The van der Waals surface area contributed by atoms with E-state index >= 15 is 0 Å². The Bertz CT molecular complexity index is 1190. The fourth-order valence-electron chi connectivity index (χ4n) is 4.06. The van der Waals surface area contributed by atoms with Gasteiger partial charge in [0.05, 0.1) is 24.0 Å². The van der Waals surface area contributed by atoms with Crippen molar-refractivity contribution in [1.29, 1.82) is 0 Å². The molecule has 0 aliphatic carbocycles. The number of ketones is 1. The Morgan fingerprint density at radius 1 is 1.09 bits per heavy atom. The molecule has 1 N–H and O–H groups in total. The zero-order valence-corrected chi connectivity index (χ0v) is 19.8. The van der Waals surface area contributed by atoms with Gasteiger partial charge in [0, 0.05) is 36.1 Å². The van der Waals surface area contributed by atoms with Crippen LogP contribution in [0.25, 0.3) is 5.76 Å². The largest absolute Gasteiger partial charge is 0.507 e. The van der Waals surface area contributed by atoms with Crippen molar-refractivity contribution in [3.63, 3.8) is 0 Å². The number of aliphatic hydroxyl groups excluding tert-OH is 1. The normalized spacial score (nSPS) is 17.5. The molecule has 2 heterocycles. The lowest BCUT2D eigenvalue weighted by Gasteiger charge is -2.25. The van der Waals surface area contributed by atoms with Gasteiger partial charge in [0.25, 0.3) is 11.7 Å². The predicted molar refractivity (Wildman–Crippen MR) is 130 cm³/mol. The SMILES string of the molecule is CC(C)Oc1ccc(/C(O)=C2\C(=O)C(=O)N(CCCn3ccnc3)[C@H]2c2ccc(Cl)cc2)cc1. The van der Waals surface area contributed by atoms with E-state index in [1.807, 2.05) is 24.6 Å². The molecule has 7 nitrogen and oxygen atoms in total. The van der Waals surface area contributed by atoms with Gasteiger partial charge in [-0.25, -0.2) is 4.98 Å². The van der Waals surface area contributed by atoms with E-state index in [4.69, 9.17) is 16.3 Å². The predicted octanol–water partition coefficient (Wildman–Crippen LogP) is 4.84. The number of carbonyl (C=O) groups excluding carboxylic acids is 2. The summed E-state index contributed by atoms with van der Waals surface area (Å²) in [6, 6.07) is 13.1. The third-order valence-corrected chi connectivity index (χ3v) is 5.85. The molecule has 1 aliphatic heterocycles. The number of halogens is 1. The lowest BCUT2D eigenvalue weighted by atomic mass is 9.95. The van der Waals surface area contributed by atoms with E-state index in [-0.39, 0.29) is 17.4 Å². The Morgan fingerprint density at radius 2 is 1.79 bits per heavy atom. The van der Waals surface area contributed by atoms with Crippen molar-refractivity contribution >= 4 is 29.1 Å². The summed E-state index contributed by atoms with van der Waals surface area (Å²) in [5.74, 6) is -0.901. The van der Waals surface area contributed by atoms with Crippen LogP contribution in [-0.2, 0) is 16.1 Å². The van der Waals surface area contributed by atoms with Gasteiger partial charge in [-0.05, 0) is 62.2 Å². The summed E-state index contributed by atoms with van der Waals surface area (Å²) in [5, 5.41) is 11.7. The molecule has 0 radical (unpaired) electrons. The molecular weight excluding hydrogens is 454 g/mol. The topological polar surface area (TPSA) is 84.7 Å². The van der Waals surface area contributed by atoms with Gasteiger partial charge in [0.1, 0.15) is 11.5 Å². The van der Waals surface area contributed by atoms with Crippen LogP contribution in [0.1, 0.15) is 37.4 Å². The summed E-state index contributed by atoms with van der Waals surface area (Å²) < 4.78 is 7.57. The Kier molecular flexibility index (Phi) is 7.03.